The summed E-state index contributed by atoms with van der Waals surface area (Å²) in [6.07, 6.45) is 1.31. The average Bonchev–Trinajstić information content (AvgIpc) is 2.12. The van der Waals surface area contributed by atoms with Gasteiger partial charge in [-0.2, -0.15) is 0 Å². The maximum Gasteiger partial charge on any atom is 1.00 e. The van der Waals surface area contributed by atoms with E-state index in [2.05, 4.69) is 4.99 Å². The summed E-state index contributed by atoms with van der Waals surface area (Å²) in [6.45, 7) is 3.42. The summed E-state index contributed by atoms with van der Waals surface area (Å²) in [5.74, 6) is 0. The predicted molar refractivity (Wildman–Crippen MR) is 32.9 cm³/mol. The minimum atomic E-state index is -0.374. The van der Waals surface area contributed by atoms with Crippen molar-refractivity contribution in [3.05, 3.63) is 0 Å². The maximum atomic E-state index is 8.89. The number of nitrogens with zero attached hydrogens (tertiary/aromatic N) is 2. The molecule has 0 aromatic rings. The van der Waals surface area contributed by atoms with Crippen molar-refractivity contribution < 1.29 is 36.1 Å². The Morgan fingerprint density at radius 2 is 2.56 bits per heavy atom. The number of aliphatic imine (C=N–C) groups is 1. The molecule has 1 atom stereocenters. The quantitative estimate of drug-likeness (QED) is 0.387. The molecule has 0 bridgehead atoms. The molecule has 0 saturated heterocycles. The van der Waals surface area contributed by atoms with E-state index in [1.165, 1.54) is 0 Å². The van der Waals surface area contributed by atoms with Crippen LogP contribution >= 0.6 is 0 Å². The van der Waals surface area contributed by atoms with E-state index in [4.69, 9.17) is 5.11 Å². The van der Waals surface area contributed by atoms with E-state index in [-0.39, 0.29) is 37.2 Å². The SMILES string of the molecule is CC(O)N1C=NCC1.[H-].[Na+]. The van der Waals surface area contributed by atoms with Crippen LogP contribution in [0.1, 0.15) is 8.35 Å². The minimum Gasteiger partial charge on any atom is -1.00 e. The van der Waals surface area contributed by atoms with Crippen LogP contribution in [-0.2, 0) is 0 Å². The molecule has 0 amide bonds. The fraction of sp³-hybridized carbons (Fsp3) is 0.800. The topological polar surface area (TPSA) is 35.8 Å². The van der Waals surface area contributed by atoms with Crippen LogP contribution in [0.25, 0.3) is 0 Å². The van der Waals surface area contributed by atoms with Crippen LogP contribution in [-0.4, -0.2) is 35.7 Å². The van der Waals surface area contributed by atoms with Crippen molar-refractivity contribution >= 4 is 6.34 Å². The van der Waals surface area contributed by atoms with Crippen LogP contribution in [0.4, 0.5) is 0 Å². The molecule has 3 nitrogen and oxygen atoms in total. The molecule has 4 heteroatoms. The van der Waals surface area contributed by atoms with Crippen molar-refractivity contribution in [2.45, 2.75) is 13.2 Å². The maximum absolute atomic E-state index is 8.89. The Labute approximate surface area is 78.5 Å². The third kappa shape index (κ3) is 2.67. The van der Waals surface area contributed by atoms with Gasteiger partial charge in [0.25, 0.3) is 0 Å². The summed E-state index contributed by atoms with van der Waals surface area (Å²) >= 11 is 0. The summed E-state index contributed by atoms with van der Waals surface area (Å²) in [4.78, 5) is 5.72. The Bertz CT molecular complexity index is 110. The van der Waals surface area contributed by atoms with E-state index in [0.717, 1.165) is 13.1 Å². The first kappa shape index (κ1) is 9.43. The largest absolute Gasteiger partial charge is 1.00 e. The van der Waals surface area contributed by atoms with Crippen LogP contribution < -0.4 is 29.6 Å². The van der Waals surface area contributed by atoms with Crippen molar-refractivity contribution in [1.82, 2.24) is 4.90 Å². The van der Waals surface area contributed by atoms with Crippen LogP contribution in [0.3, 0.4) is 0 Å². The Hall–Kier alpha value is 0.430. The minimum absolute atomic E-state index is 0. The first-order valence-corrected chi connectivity index (χ1v) is 2.74. The van der Waals surface area contributed by atoms with Gasteiger partial charge in [-0.25, -0.2) is 0 Å². The van der Waals surface area contributed by atoms with Gasteiger partial charge in [0.1, 0.15) is 6.23 Å². The zero-order valence-electron chi connectivity index (χ0n) is 6.91. The molecular formula is C5H11N2NaO. The fourth-order valence-corrected chi connectivity index (χ4v) is 0.677. The molecule has 0 saturated carbocycles. The van der Waals surface area contributed by atoms with Gasteiger partial charge < -0.3 is 11.4 Å². The van der Waals surface area contributed by atoms with Crippen molar-refractivity contribution in [2.75, 3.05) is 13.1 Å². The van der Waals surface area contributed by atoms with E-state index in [1.54, 1.807) is 18.2 Å². The first-order valence-electron chi connectivity index (χ1n) is 2.74. The third-order valence-corrected chi connectivity index (χ3v) is 1.20. The molecular weight excluding hydrogens is 127 g/mol. The molecule has 0 aromatic carbocycles. The number of rotatable bonds is 1. The van der Waals surface area contributed by atoms with Gasteiger partial charge in [-0.1, -0.05) is 0 Å². The number of aliphatic hydroxyl groups is 1. The van der Waals surface area contributed by atoms with Gasteiger partial charge in [0, 0.05) is 6.54 Å². The monoisotopic (exact) mass is 138 g/mol. The Balaban J connectivity index is 0. The third-order valence-electron chi connectivity index (χ3n) is 1.20. The molecule has 0 aliphatic carbocycles. The van der Waals surface area contributed by atoms with Crippen LogP contribution in [0.15, 0.2) is 4.99 Å². The van der Waals surface area contributed by atoms with E-state index >= 15 is 0 Å². The molecule has 0 radical (unpaired) electrons. The molecule has 48 valence electrons. The number of hydrogen-bond donors (Lipinski definition) is 1. The fourth-order valence-electron chi connectivity index (χ4n) is 0.677. The molecule has 0 aromatic heterocycles. The summed E-state index contributed by atoms with van der Waals surface area (Å²) < 4.78 is 0. The molecule has 1 heterocycles. The van der Waals surface area contributed by atoms with Crippen LogP contribution in [0, 0.1) is 0 Å². The van der Waals surface area contributed by atoms with Crippen molar-refractivity contribution in [1.29, 1.82) is 0 Å². The van der Waals surface area contributed by atoms with E-state index in [1.807, 2.05) is 0 Å². The standard InChI is InChI=1S/C5H10N2O.Na.H/c1-5(8)7-3-2-6-4-7;;/h4-5,8H,2-3H2,1H3;;/q;+1;-1. The molecule has 1 rings (SSSR count). The summed E-state index contributed by atoms with van der Waals surface area (Å²) in [6, 6.07) is 0. The first-order chi connectivity index (χ1) is 3.80. The second kappa shape index (κ2) is 4.28. The Morgan fingerprint density at radius 3 is 2.78 bits per heavy atom. The molecule has 1 aliphatic rings. The molecule has 1 N–H and O–H groups in total. The molecule has 1 unspecified atom stereocenters. The van der Waals surface area contributed by atoms with Gasteiger partial charge in [0.05, 0.1) is 12.9 Å². The Morgan fingerprint density at radius 1 is 1.89 bits per heavy atom. The van der Waals surface area contributed by atoms with Crippen LogP contribution in [0.2, 0.25) is 0 Å². The van der Waals surface area contributed by atoms with Gasteiger partial charge in [0.15, 0.2) is 0 Å². The van der Waals surface area contributed by atoms with Gasteiger partial charge in [-0.05, 0) is 6.92 Å². The predicted octanol–water partition coefficient (Wildman–Crippen LogP) is -3.21. The number of aliphatic hydroxyl groups excluding tert-OH is 1. The molecule has 0 spiro atoms. The number of hydrogen-bond acceptors (Lipinski definition) is 3. The van der Waals surface area contributed by atoms with Crippen LogP contribution in [0.5, 0.6) is 0 Å². The Kier molecular flexibility index (Phi) is 4.48. The van der Waals surface area contributed by atoms with E-state index in [9.17, 15) is 0 Å². The average molecular weight is 138 g/mol. The summed E-state index contributed by atoms with van der Waals surface area (Å²) in [7, 11) is 0. The molecule has 0 fully saturated rings. The van der Waals surface area contributed by atoms with E-state index < -0.39 is 0 Å². The zero-order chi connectivity index (χ0) is 5.98. The van der Waals surface area contributed by atoms with Gasteiger partial charge in [-0.15, -0.1) is 0 Å². The van der Waals surface area contributed by atoms with Gasteiger partial charge in [-0.3, -0.25) is 4.99 Å². The normalized spacial score (nSPS) is 19.6. The molecule has 1 aliphatic heterocycles. The summed E-state index contributed by atoms with van der Waals surface area (Å²) in [5.41, 5.74) is 0. The van der Waals surface area contributed by atoms with Crippen molar-refractivity contribution in [2.24, 2.45) is 4.99 Å². The van der Waals surface area contributed by atoms with Gasteiger partial charge in [0.2, 0.25) is 0 Å². The molecule has 9 heavy (non-hydrogen) atoms. The second-order valence-electron chi connectivity index (χ2n) is 1.89. The zero-order valence-corrected chi connectivity index (χ0v) is 7.91. The van der Waals surface area contributed by atoms with Crippen molar-refractivity contribution in [3.63, 3.8) is 0 Å². The smallest absolute Gasteiger partial charge is 1.00 e. The summed E-state index contributed by atoms with van der Waals surface area (Å²) in [5, 5.41) is 8.89. The van der Waals surface area contributed by atoms with Gasteiger partial charge >= 0.3 is 29.6 Å². The second-order valence-corrected chi connectivity index (χ2v) is 1.89. The van der Waals surface area contributed by atoms with E-state index in [0.29, 0.717) is 0 Å². The van der Waals surface area contributed by atoms with Crippen molar-refractivity contribution in [3.8, 4) is 0 Å².